The lowest BCUT2D eigenvalue weighted by atomic mass is 9.88. The van der Waals surface area contributed by atoms with Crippen molar-refractivity contribution in [3.05, 3.63) is 78.0 Å². The summed E-state index contributed by atoms with van der Waals surface area (Å²) < 4.78 is 7.18. The minimum atomic E-state index is -0.140. The monoisotopic (exact) mass is 541 g/mol. The van der Waals surface area contributed by atoms with E-state index in [9.17, 15) is 4.79 Å². The number of fused-ring (bicyclic) bond motifs is 1. The largest absolute Gasteiger partial charge is 0.492 e. The quantitative estimate of drug-likeness (QED) is 0.286. The van der Waals surface area contributed by atoms with Gasteiger partial charge in [-0.3, -0.25) is 9.69 Å². The Balaban J connectivity index is 1.13. The van der Waals surface area contributed by atoms with Gasteiger partial charge in [0, 0.05) is 51.8 Å². The number of hydrogen-bond acceptors (Lipinski definition) is 6. The van der Waals surface area contributed by atoms with E-state index < -0.39 is 0 Å². The first-order valence-corrected chi connectivity index (χ1v) is 15.4. The summed E-state index contributed by atoms with van der Waals surface area (Å²) in [5.74, 6) is 0.952. The van der Waals surface area contributed by atoms with Gasteiger partial charge in [0.15, 0.2) is 5.78 Å². The van der Waals surface area contributed by atoms with Crippen LogP contribution in [0.5, 0.6) is 5.75 Å². The summed E-state index contributed by atoms with van der Waals surface area (Å²) in [6.45, 7) is 8.54. The van der Waals surface area contributed by atoms with Crippen LogP contribution in [0.2, 0.25) is 0 Å². The van der Waals surface area contributed by atoms with Crippen LogP contribution < -0.4 is 10.1 Å². The second kappa shape index (κ2) is 12.5. The van der Waals surface area contributed by atoms with E-state index in [1.54, 1.807) is 11.3 Å². The van der Waals surface area contributed by atoms with E-state index in [1.807, 2.05) is 18.2 Å². The van der Waals surface area contributed by atoms with Gasteiger partial charge < -0.3 is 15.0 Å². The van der Waals surface area contributed by atoms with Crippen LogP contribution >= 0.6 is 11.3 Å². The maximum atomic E-state index is 14.0. The zero-order valence-corrected chi connectivity index (χ0v) is 23.6. The van der Waals surface area contributed by atoms with Crippen LogP contribution in [-0.4, -0.2) is 68.0 Å². The van der Waals surface area contributed by atoms with Crippen LogP contribution in [0.1, 0.15) is 42.5 Å². The smallest absolute Gasteiger partial charge is 0.172 e. The Labute approximate surface area is 236 Å². The van der Waals surface area contributed by atoms with Crippen molar-refractivity contribution in [1.29, 1.82) is 0 Å². The van der Waals surface area contributed by atoms with Gasteiger partial charge >= 0.3 is 0 Å². The summed E-state index contributed by atoms with van der Waals surface area (Å²) in [6, 6.07) is 16.6. The summed E-state index contributed by atoms with van der Waals surface area (Å²) in [6.07, 6.45) is 12.4. The van der Waals surface area contributed by atoms with Gasteiger partial charge in [-0.05, 0) is 100 Å². The third kappa shape index (κ3) is 6.29. The minimum absolute atomic E-state index is 0.140. The molecule has 1 aliphatic carbocycles. The summed E-state index contributed by atoms with van der Waals surface area (Å²) in [7, 11) is 0. The number of ether oxygens (including phenoxy) is 1. The number of carbonyl (C=O) groups excluding carboxylic acids is 1. The minimum Gasteiger partial charge on any atom is -0.492 e. The fourth-order valence-electron chi connectivity index (χ4n) is 5.99. The Morgan fingerprint density at radius 2 is 1.64 bits per heavy atom. The standard InChI is InChI=1S/C33H39N3O2S/c37-32(25-9-13-27(14-10-25)34-17-22-35-18-3-4-19-35)31-29-7-1-2-8-30(29)39-33(31)26-11-15-28(16-12-26)38-24-23-36-20-5-6-21-36/h1-2,7-9,11-16,25,34H,3-6,10,17-24H2. The number of nitrogens with one attached hydrogen (secondary N) is 1. The zero-order valence-electron chi connectivity index (χ0n) is 22.7. The maximum Gasteiger partial charge on any atom is 0.172 e. The van der Waals surface area contributed by atoms with E-state index in [4.69, 9.17) is 4.74 Å². The van der Waals surface area contributed by atoms with Crippen molar-refractivity contribution in [2.24, 2.45) is 5.92 Å². The van der Waals surface area contributed by atoms with Crippen molar-refractivity contribution in [2.75, 3.05) is 52.4 Å². The normalized spacial score (nSPS) is 20.0. The van der Waals surface area contributed by atoms with E-state index in [1.165, 1.54) is 51.9 Å². The van der Waals surface area contributed by atoms with E-state index in [0.717, 1.165) is 63.6 Å². The van der Waals surface area contributed by atoms with Crippen molar-refractivity contribution in [3.63, 3.8) is 0 Å². The number of ketones is 1. The number of Topliss-reactive ketones (excluding diaryl/α,β-unsaturated/α-hetero) is 1. The second-order valence-corrected chi connectivity index (χ2v) is 12.0. The Bertz CT molecular complexity index is 1330. The summed E-state index contributed by atoms with van der Waals surface area (Å²) >= 11 is 1.71. The van der Waals surface area contributed by atoms with Gasteiger partial charge in [0.2, 0.25) is 0 Å². The molecule has 5 nitrogen and oxygen atoms in total. The van der Waals surface area contributed by atoms with Gasteiger partial charge in [-0.25, -0.2) is 0 Å². The second-order valence-electron chi connectivity index (χ2n) is 10.9. The molecule has 3 aliphatic rings. The topological polar surface area (TPSA) is 44.8 Å². The van der Waals surface area contributed by atoms with Crippen LogP contribution in [0, 0.1) is 5.92 Å². The van der Waals surface area contributed by atoms with Crippen LogP contribution in [0.4, 0.5) is 0 Å². The molecule has 2 fully saturated rings. The number of hydrogen-bond donors (Lipinski definition) is 1. The first kappa shape index (κ1) is 26.3. The predicted octanol–water partition coefficient (Wildman–Crippen LogP) is 6.37. The summed E-state index contributed by atoms with van der Waals surface area (Å²) in [5, 5.41) is 4.61. The number of rotatable bonds is 11. The van der Waals surface area contributed by atoms with Crippen molar-refractivity contribution in [2.45, 2.75) is 32.1 Å². The Morgan fingerprint density at radius 1 is 0.923 bits per heavy atom. The SMILES string of the molecule is O=C(c1c(-c2ccc(OCCN3CCCC3)cc2)sc2ccccc12)C1C=CC(NCCN2CCCC2)=CC1. The van der Waals surface area contributed by atoms with Crippen LogP contribution in [-0.2, 0) is 0 Å². The number of allylic oxidation sites excluding steroid dienone is 3. The van der Waals surface area contributed by atoms with E-state index in [-0.39, 0.29) is 11.7 Å². The van der Waals surface area contributed by atoms with Crippen molar-refractivity contribution >= 4 is 27.2 Å². The van der Waals surface area contributed by atoms with E-state index in [2.05, 4.69) is 63.7 Å². The Kier molecular flexibility index (Phi) is 8.43. The molecule has 1 aromatic heterocycles. The van der Waals surface area contributed by atoms with Gasteiger partial charge in [0.1, 0.15) is 12.4 Å². The molecule has 2 aromatic carbocycles. The van der Waals surface area contributed by atoms with Crippen LogP contribution in [0.3, 0.4) is 0 Å². The fraction of sp³-hybridized carbons (Fsp3) is 0.424. The van der Waals surface area contributed by atoms with E-state index >= 15 is 0 Å². The summed E-state index contributed by atoms with van der Waals surface area (Å²) in [5.41, 5.74) is 3.06. The first-order valence-electron chi connectivity index (χ1n) is 14.6. The molecule has 0 saturated carbocycles. The lowest BCUT2D eigenvalue weighted by Crippen LogP contribution is -2.29. The molecule has 39 heavy (non-hydrogen) atoms. The molecule has 1 atom stereocenters. The van der Waals surface area contributed by atoms with Crippen molar-refractivity contribution < 1.29 is 9.53 Å². The number of thiophene rings is 1. The molecule has 3 heterocycles. The highest BCUT2D eigenvalue weighted by atomic mass is 32.1. The van der Waals surface area contributed by atoms with Crippen LogP contribution in [0.25, 0.3) is 20.5 Å². The number of benzene rings is 2. The molecular weight excluding hydrogens is 502 g/mol. The van der Waals surface area contributed by atoms with Crippen molar-refractivity contribution in [1.82, 2.24) is 15.1 Å². The molecule has 0 bridgehead atoms. The van der Waals surface area contributed by atoms with Gasteiger partial charge in [0.25, 0.3) is 0 Å². The summed E-state index contributed by atoms with van der Waals surface area (Å²) in [4.78, 5) is 20.0. The van der Waals surface area contributed by atoms with Crippen LogP contribution in [0.15, 0.2) is 72.5 Å². The molecule has 2 aliphatic heterocycles. The molecular formula is C33H39N3O2S. The highest BCUT2D eigenvalue weighted by Crippen LogP contribution is 2.41. The number of nitrogens with zero attached hydrogens (tertiary/aromatic N) is 2. The molecule has 6 heteroatoms. The predicted molar refractivity (Wildman–Crippen MR) is 162 cm³/mol. The lowest BCUT2D eigenvalue weighted by molar-refractivity contribution is 0.0948. The molecule has 6 rings (SSSR count). The highest BCUT2D eigenvalue weighted by molar-refractivity contribution is 7.22. The van der Waals surface area contributed by atoms with Gasteiger partial charge in [0.05, 0.1) is 0 Å². The third-order valence-corrected chi connectivity index (χ3v) is 9.45. The first-order chi connectivity index (χ1) is 19.2. The van der Waals surface area contributed by atoms with Gasteiger partial charge in [-0.15, -0.1) is 11.3 Å². The van der Waals surface area contributed by atoms with E-state index in [0.29, 0.717) is 6.61 Å². The van der Waals surface area contributed by atoms with Gasteiger partial charge in [-0.1, -0.05) is 30.4 Å². The molecule has 0 radical (unpaired) electrons. The molecule has 0 spiro atoms. The molecule has 2 saturated heterocycles. The Hall–Kier alpha value is -2.93. The number of carbonyl (C=O) groups is 1. The molecule has 0 amide bonds. The fourth-order valence-corrected chi connectivity index (χ4v) is 7.20. The molecule has 1 unspecified atom stereocenters. The lowest BCUT2D eigenvalue weighted by Gasteiger charge is -2.19. The zero-order chi connectivity index (χ0) is 26.4. The van der Waals surface area contributed by atoms with Gasteiger partial charge in [-0.2, -0.15) is 0 Å². The highest BCUT2D eigenvalue weighted by Gasteiger charge is 2.26. The molecule has 1 N–H and O–H groups in total. The third-order valence-electron chi connectivity index (χ3n) is 8.23. The maximum absolute atomic E-state index is 14.0. The number of likely N-dealkylation sites (tertiary alicyclic amines) is 2. The average molecular weight is 542 g/mol. The van der Waals surface area contributed by atoms with Crippen molar-refractivity contribution in [3.8, 4) is 16.2 Å². The molecule has 204 valence electrons. The average Bonchev–Trinajstić information content (AvgIpc) is 3.75. The Morgan fingerprint density at radius 3 is 2.36 bits per heavy atom. The molecule has 3 aromatic rings.